The van der Waals surface area contributed by atoms with Crippen LogP contribution in [0.15, 0.2) is 30.5 Å². The van der Waals surface area contributed by atoms with Crippen LogP contribution in [0, 0.1) is 11.3 Å². The Morgan fingerprint density at radius 1 is 1.44 bits per heavy atom. The van der Waals surface area contributed by atoms with Gasteiger partial charge in [-0.1, -0.05) is 12.1 Å². The minimum absolute atomic E-state index is 0.137. The van der Waals surface area contributed by atoms with Crippen LogP contribution in [0.5, 0.6) is 0 Å². The Morgan fingerprint density at radius 3 is 3.06 bits per heavy atom. The monoisotopic (exact) mass is 259 g/mol. The lowest BCUT2D eigenvalue weighted by Crippen LogP contribution is -2.05. The van der Waals surface area contributed by atoms with Crippen molar-refractivity contribution in [3.63, 3.8) is 0 Å². The van der Waals surface area contributed by atoms with Gasteiger partial charge in [0.05, 0.1) is 23.5 Å². The first-order valence-corrected chi connectivity index (χ1v) is 5.58. The highest BCUT2D eigenvalue weighted by atomic mass is 35.5. The maximum absolute atomic E-state index is 8.80. The fourth-order valence-electron chi connectivity index (χ4n) is 1.45. The minimum Gasteiger partial charge on any atom is -0.394 e. The van der Waals surface area contributed by atoms with E-state index in [4.69, 9.17) is 22.6 Å². The summed E-state index contributed by atoms with van der Waals surface area (Å²) in [6, 6.07) is 9.37. The number of nitrogens with one attached hydrogen (secondary N) is 1. The molecule has 2 aromatic rings. The molecule has 6 heteroatoms. The van der Waals surface area contributed by atoms with Gasteiger partial charge in [-0.25, -0.2) is 4.98 Å². The van der Waals surface area contributed by atoms with Crippen LogP contribution in [0.2, 0.25) is 5.28 Å². The Hall–Kier alpha value is -2.32. The summed E-state index contributed by atoms with van der Waals surface area (Å²) in [6.07, 6.45) is 1.45. The first kappa shape index (κ1) is 12.1. The predicted molar refractivity (Wildman–Crippen MR) is 69.9 cm³/mol. The Morgan fingerprint density at radius 2 is 2.28 bits per heavy atom. The van der Waals surface area contributed by atoms with Gasteiger partial charge in [0.25, 0.3) is 0 Å². The van der Waals surface area contributed by atoms with Gasteiger partial charge in [-0.3, -0.25) is 0 Å². The molecule has 0 saturated carbocycles. The first-order valence-electron chi connectivity index (χ1n) is 5.20. The van der Waals surface area contributed by atoms with Gasteiger partial charge in [-0.05, 0) is 29.3 Å². The highest BCUT2D eigenvalue weighted by molar-refractivity contribution is 6.28. The Bertz CT molecular complexity index is 606. The normalized spacial score (nSPS) is 9.78. The van der Waals surface area contributed by atoms with Crippen LogP contribution in [-0.2, 0) is 6.54 Å². The van der Waals surface area contributed by atoms with Crippen molar-refractivity contribution in [2.45, 2.75) is 6.54 Å². The number of hydrogen-bond donors (Lipinski definition) is 2. The second-order valence-corrected chi connectivity index (χ2v) is 3.95. The Balaban J connectivity index is 2.11. The predicted octanol–water partition coefficient (Wildman–Crippen LogP) is 2.20. The summed E-state index contributed by atoms with van der Waals surface area (Å²) < 4.78 is 0. The number of nitriles is 1. The topological polar surface area (TPSA) is 87.6 Å². The molecular formula is C12H10ClN5. The zero-order valence-corrected chi connectivity index (χ0v) is 10.1. The van der Waals surface area contributed by atoms with E-state index in [9.17, 15) is 0 Å². The lowest BCUT2D eigenvalue weighted by Gasteiger charge is -2.08. The second kappa shape index (κ2) is 5.34. The lowest BCUT2D eigenvalue weighted by atomic mass is 10.1. The van der Waals surface area contributed by atoms with E-state index in [-0.39, 0.29) is 5.28 Å². The number of hydrogen-bond acceptors (Lipinski definition) is 5. The van der Waals surface area contributed by atoms with Gasteiger partial charge in [0, 0.05) is 6.54 Å². The van der Waals surface area contributed by atoms with Gasteiger partial charge in [0.2, 0.25) is 5.28 Å². The molecule has 1 aromatic carbocycles. The molecule has 1 aromatic heterocycles. The first-order chi connectivity index (χ1) is 8.69. The summed E-state index contributed by atoms with van der Waals surface area (Å²) in [5, 5.41) is 12.0. The molecule has 0 unspecified atom stereocenters. The van der Waals surface area contributed by atoms with E-state index in [1.54, 1.807) is 12.1 Å². The average molecular weight is 260 g/mol. The van der Waals surface area contributed by atoms with Crippen molar-refractivity contribution in [1.29, 1.82) is 5.26 Å². The number of anilines is 2. The summed E-state index contributed by atoms with van der Waals surface area (Å²) >= 11 is 5.69. The van der Waals surface area contributed by atoms with E-state index in [1.807, 2.05) is 12.1 Å². The van der Waals surface area contributed by atoms with Crippen LogP contribution in [0.3, 0.4) is 0 Å². The number of benzene rings is 1. The molecule has 0 spiro atoms. The third-order valence-electron chi connectivity index (χ3n) is 2.30. The number of nitrogen functional groups attached to an aromatic ring is 1. The molecule has 0 aliphatic rings. The molecule has 3 N–H and O–H groups in total. The van der Waals surface area contributed by atoms with Crippen molar-refractivity contribution >= 4 is 23.1 Å². The number of rotatable bonds is 3. The molecule has 0 amide bonds. The quantitative estimate of drug-likeness (QED) is 0.825. The largest absolute Gasteiger partial charge is 0.394 e. The van der Waals surface area contributed by atoms with Crippen LogP contribution >= 0.6 is 11.6 Å². The molecule has 5 nitrogen and oxygen atoms in total. The van der Waals surface area contributed by atoms with Gasteiger partial charge in [0.15, 0.2) is 5.82 Å². The minimum atomic E-state index is 0.137. The Kier molecular flexibility index (Phi) is 3.60. The maximum atomic E-state index is 8.80. The van der Waals surface area contributed by atoms with E-state index in [1.165, 1.54) is 6.20 Å². The third kappa shape index (κ3) is 2.87. The molecule has 0 aliphatic carbocycles. The summed E-state index contributed by atoms with van der Waals surface area (Å²) in [5.74, 6) is 0.484. The number of halogens is 1. The van der Waals surface area contributed by atoms with E-state index in [2.05, 4.69) is 21.4 Å². The number of nitrogens with zero attached hydrogens (tertiary/aromatic N) is 3. The van der Waals surface area contributed by atoms with Crippen LogP contribution in [0.1, 0.15) is 11.1 Å². The summed E-state index contributed by atoms with van der Waals surface area (Å²) in [5.41, 5.74) is 7.71. The summed E-state index contributed by atoms with van der Waals surface area (Å²) in [6.45, 7) is 0.507. The van der Waals surface area contributed by atoms with E-state index < -0.39 is 0 Å². The SMILES string of the molecule is N#Cc1cccc(CNc2nc(Cl)ncc2N)c1. The van der Waals surface area contributed by atoms with Gasteiger partial charge in [-0.15, -0.1) is 0 Å². The molecular weight excluding hydrogens is 250 g/mol. The third-order valence-corrected chi connectivity index (χ3v) is 2.49. The molecule has 2 rings (SSSR count). The molecule has 0 bridgehead atoms. The number of nitrogens with two attached hydrogens (primary N) is 1. The second-order valence-electron chi connectivity index (χ2n) is 3.61. The van der Waals surface area contributed by atoms with Crippen LogP contribution in [-0.4, -0.2) is 9.97 Å². The van der Waals surface area contributed by atoms with Crippen molar-refractivity contribution < 1.29 is 0 Å². The van der Waals surface area contributed by atoms with Crippen molar-refractivity contribution in [3.8, 4) is 6.07 Å². The molecule has 90 valence electrons. The van der Waals surface area contributed by atoms with Gasteiger partial charge < -0.3 is 11.1 Å². The molecule has 0 atom stereocenters. The van der Waals surface area contributed by atoms with Crippen LogP contribution in [0.25, 0.3) is 0 Å². The Labute approximate surface area is 109 Å². The molecule has 0 saturated heterocycles. The van der Waals surface area contributed by atoms with Crippen molar-refractivity contribution in [1.82, 2.24) is 9.97 Å². The van der Waals surface area contributed by atoms with Crippen LogP contribution < -0.4 is 11.1 Å². The maximum Gasteiger partial charge on any atom is 0.224 e. The van der Waals surface area contributed by atoms with E-state index in [0.29, 0.717) is 23.6 Å². The van der Waals surface area contributed by atoms with E-state index >= 15 is 0 Å². The fraction of sp³-hybridized carbons (Fsp3) is 0.0833. The summed E-state index contributed by atoms with van der Waals surface area (Å²) in [7, 11) is 0. The standard InChI is InChI=1S/C12H10ClN5/c13-12-17-7-10(15)11(18-12)16-6-9-3-1-2-8(4-9)5-14/h1-4,7H,6,15H2,(H,16,17,18). The van der Waals surface area contributed by atoms with Crippen molar-refractivity contribution in [3.05, 3.63) is 46.9 Å². The van der Waals surface area contributed by atoms with Crippen molar-refractivity contribution in [2.75, 3.05) is 11.1 Å². The highest BCUT2D eigenvalue weighted by Gasteiger charge is 2.03. The molecule has 0 aliphatic heterocycles. The zero-order valence-electron chi connectivity index (χ0n) is 9.39. The van der Waals surface area contributed by atoms with Gasteiger partial charge in [-0.2, -0.15) is 10.2 Å². The smallest absolute Gasteiger partial charge is 0.224 e. The molecule has 1 heterocycles. The van der Waals surface area contributed by atoms with Gasteiger partial charge in [0.1, 0.15) is 0 Å². The lowest BCUT2D eigenvalue weighted by molar-refractivity contribution is 1.08. The van der Waals surface area contributed by atoms with Crippen LogP contribution in [0.4, 0.5) is 11.5 Å². The molecule has 0 fully saturated rings. The zero-order chi connectivity index (χ0) is 13.0. The highest BCUT2D eigenvalue weighted by Crippen LogP contribution is 2.17. The van der Waals surface area contributed by atoms with Crippen molar-refractivity contribution in [2.24, 2.45) is 0 Å². The number of aromatic nitrogens is 2. The molecule has 18 heavy (non-hydrogen) atoms. The van der Waals surface area contributed by atoms with Gasteiger partial charge >= 0.3 is 0 Å². The fourth-order valence-corrected chi connectivity index (χ4v) is 1.58. The average Bonchev–Trinajstić information content (AvgIpc) is 2.40. The summed E-state index contributed by atoms with van der Waals surface area (Å²) in [4.78, 5) is 7.75. The van der Waals surface area contributed by atoms with E-state index in [0.717, 1.165) is 5.56 Å². The molecule has 0 radical (unpaired) electrons.